The molecule has 122 valence electrons. The highest BCUT2D eigenvalue weighted by Crippen LogP contribution is 2.30. The van der Waals surface area contributed by atoms with Crippen molar-refractivity contribution >= 4 is 0 Å². The highest BCUT2D eigenvalue weighted by atomic mass is 16.5. The third-order valence-corrected chi connectivity index (χ3v) is 5.36. The van der Waals surface area contributed by atoms with Crippen LogP contribution in [-0.4, -0.2) is 37.0 Å². The summed E-state index contributed by atoms with van der Waals surface area (Å²) in [6.07, 6.45) is 8.21. The maximum Gasteiger partial charge on any atom is 0.0619 e. The standard InChI is InChI=1S/C19H29NO2/c21-15-19(13-17-6-1-2-7-18(17)14-19)20-10-4-3-5-16-8-11-22-12-9-16/h1-2,6-7,16,20-21H,3-5,8-15H2. The van der Waals surface area contributed by atoms with Gasteiger partial charge >= 0.3 is 0 Å². The lowest BCUT2D eigenvalue weighted by atomic mass is 9.93. The Balaban J connectivity index is 1.39. The summed E-state index contributed by atoms with van der Waals surface area (Å²) in [5.74, 6) is 0.872. The van der Waals surface area contributed by atoms with Crippen molar-refractivity contribution in [1.82, 2.24) is 5.32 Å². The van der Waals surface area contributed by atoms with Gasteiger partial charge in [-0.2, -0.15) is 0 Å². The van der Waals surface area contributed by atoms with Gasteiger partial charge in [-0.05, 0) is 55.7 Å². The average molecular weight is 303 g/mol. The SMILES string of the molecule is OCC1(NCCCCC2CCOCC2)Cc2ccccc2C1. The summed E-state index contributed by atoms with van der Waals surface area (Å²) < 4.78 is 5.41. The maximum atomic E-state index is 9.87. The van der Waals surface area contributed by atoms with Crippen molar-refractivity contribution in [3.8, 4) is 0 Å². The fourth-order valence-corrected chi connectivity index (χ4v) is 3.93. The molecule has 1 aliphatic carbocycles. The van der Waals surface area contributed by atoms with Crippen LogP contribution in [0.3, 0.4) is 0 Å². The fourth-order valence-electron chi connectivity index (χ4n) is 3.93. The molecule has 0 bridgehead atoms. The first-order valence-electron chi connectivity index (χ1n) is 8.82. The molecule has 1 fully saturated rings. The Morgan fingerprint density at radius 1 is 1.09 bits per heavy atom. The number of fused-ring (bicyclic) bond motifs is 1. The summed E-state index contributed by atoms with van der Waals surface area (Å²) in [5.41, 5.74) is 2.67. The van der Waals surface area contributed by atoms with E-state index in [0.29, 0.717) is 0 Å². The molecule has 0 unspecified atom stereocenters. The van der Waals surface area contributed by atoms with Crippen LogP contribution in [0.1, 0.15) is 43.2 Å². The number of rotatable bonds is 7. The molecule has 0 atom stereocenters. The van der Waals surface area contributed by atoms with Crippen molar-refractivity contribution in [3.05, 3.63) is 35.4 Å². The molecular weight excluding hydrogens is 274 g/mol. The maximum absolute atomic E-state index is 9.87. The van der Waals surface area contributed by atoms with Crippen molar-refractivity contribution in [1.29, 1.82) is 0 Å². The minimum atomic E-state index is -0.123. The van der Waals surface area contributed by atoms with E-state index in [2.05, 4.69) is 29.6 Å². The zero-order valence-corrected chi connectivity index (χ0v) is 13.5. The Kier molecular flexibility index (Phi) is 5.51. The number of hydrogen-bond acceptors (Lipinski definition) is 3. The van der Waals surface area contributed by atoms with Crippen LogP contribution in [-0.2, 0) is 17.6 Å². The molecule has 0 radical (unpaired) electrons. The van der Waals surface area contributed by atoms with E-state index >= 15 is 0 Å². The van der Waals surface area contributed by atoms with Crippen LogP contribution in [0.25, 0.3) is 0 Å². The van der Waals surface area contributed by atoms with E-state index in [1.807, 2.05) is 0 Å². The topological polar surface area (TPSA) is 41.5 Å². The van der Waals surface area contributed by atoms with E-state index in [0.717, 1.165) is 38.5 Å². The minimum Gasteiger partial charge on any atom is -0.394 e. The summed E-state index contributed by atoms with van der Waals surface area (Å²) in [7, 11) is 0. The summed E-state index contributed by atoms with van der Waals surface area (Å²) in [4.78, 5) is 0. The lowest BCUT2D eigenvalue weighted by Crippen LogP contribution is -2.49. The number of nitrogens with one attached hydrogen (secondary N) is 1. The Bertz CT molecular complexity index is 443. The number of hydrogen-bond donors (Lipinski definition) is 2. The van der Waals surface area contributed by atoms with E-state index in [-0.39, 0.29) is 12.1 Å². The second kappa shape index (κ2) is 7.58. The largest absolute Gasteiger partial charge is 0.394 e. The van der Waals surface area contributed by atoms with Crippen LogP contribution < -0.4 is 5.32 Å². The van der Waals surface area contributed by atoms with Crippen LogP contribution in [0.4, 0.5) is 0 Å². The predicted octanol–water partition coefficient (Wildman–Crippen LogP) is 2.70. The third-order valence-electron chi connectivity index (χ3n) is 5.36. The molecule has 2 aliphatic rings. The number of aliphatic hydroxyl groups is 1. The first-order valence-corrected chi connectivity index (χ1v) is 8.82. The van der Waals surface area contributed by atoms with Crippen molar-refractivity contribution in [3.63, 3.8) is 0 Å². The Morgan fingerprint density at radius 3 is 2.41 bits per heavy atom. The fraction of sp³-hybridized carbons (Fsp3) is 0.684. The van der Waals surface area contributed by atoms with Crippen LogP contribution in [0.15, 0.2) is 24.3 Å². The summed E-state index contributed by atoms with van der Waals surface area (Å²) >= 11 is 0. The predicted molar refractivity (Wildman–Crippen MR) is 89.1 cm³/mol. The number of unbranched alkanes of at least 4 members (excludes halogenated alkanes) is 1. The highest BCUT2D eigenvalue weighted by Gasteiger charge is 2.35. The molecule has 1 heterocycles. The van der Waals surface area contributed by atoms with Crippen LogP contribution >= 0.6 is 0 Å². The van der Waals surface area contributed by atoms with Gasteiger partial charge in [0.25, 0.3) is 0 Å². The number of aliphatic hydroxyl groups excluding tert-OH is 1. The monoisotopic (exact) mass is 303 g/mol. The molecule has 2 N–H and O–H groups in total. The molecule has 0 spiro atoms. The summed E-state index contributed by atoms with van der Waals surface area (Å²) in [6, 6.07) is 8.58. The van der Waals surface area contributed by atoms with E-state index in [1.165, 1.54) is 43.2 Å². The van der Waals surface area contributed by atoms with Crippen molar-refractivity contribution in [2.75, 3.05) is 26.4 Å². The molecule has 3 nitrogen and oxygen atoms in total. The van der Waals surface area contributed by atoms with Gasteiger partial charge in [-0.15, -0.1) is 0 Å². The van der Waals surface area contributed by atoms with Gasteiger partial charge in [-0.3, -0.25) is 0 Å². The molecule has 1 saturated heterocycles. The van der Waals surface area contributed by atoms with Crippen LogP contribution in [0.5, 0.6) is 0 Å². The van der Waals surface area contributed by atoms with Crippen LogP contribution in [0.2, 0.25) is 0 Å². The highest BCUT2D eigenvalue weighted by molar-refractivity contribution is 5.36. The average Bonchev–Trinajstić information content (AvgIpc) is 2.94. The van der Waals surface area contributed by atoms with Crippen molar-refractivity contribution in [2.24, 2.45) is 5.92 Å². The number of benzene rings is 1. The molecule has 0 amide bonds. The lowest BCUT2D eigenvalue weighted by molar-refractivity contribution is 0.0630. The van der Waals surface area contributed by atoms with E-state index in [1.54, 1.807) is 0 Å². The van der Waals surface area contributed by atoms with Gasteiger partial charge < -0.3 is 15.2 Å². The molecule has 0 aromatic heterocycles. The minimum absolute atomic E-state index is 0.123. The second-order valence-corrected chi connectivity index (χ2v) is 7.04. The molecule has 22 heavy (non-hydrogen) atoms. The van der Waals surface area contributed by atoms with Gasteiger partial charge in [0, 0.05) is 18.8 Å². The molecule has 3 rings (SSSR count). The molecule has 0 saturated carbocycles. The van der Waals surface area contributed by atoms with Gasteiger partial charge in [-0.1, -0.05) is 37.1 Å². The first kappa shape index (κ1) is 16.0. The smallest absolute Gasteiger partial charge is 0.0619 e. The first-order chi connectivity index (χ1) is 10.8. The van der Waals surface area contributed by atoms with Gasteiger partial charge in [0.15, 0.2) is 0 Å². The van der Waals surface area contributed by atoms with Crippen LogP contribution in [0, 0.1) is 5.92 Å². The van der Waals surface area contributed by atoms with E-state index < -0.39 is 0 Å². The molecular formula is C19H29NO2. The second-order valence-electron chi connectivity index (χ2n) is 7.04. The summed E-state index contributed by atoms with van der Waals surface area (Å²) in [6.45, 7) is 3.14. The Labute approximate surface area is 134 Å². The quantitative estimate of drug-likeness (QED) is 0.761. The van der Waals surface area contributed by atoms with Gasteiger partial charge in [0.2, 0.25) is 0 Å². The van der Waals surface area contributed by atoms with Gasteiger partial charge in [-0.25, -0.2) is 0 Å². The molecule has 1 aromatic carbocycles. The third kappa shape index (κ3) is 3.89. The Morgan fingerprint density at radius 2 is 1.77 bits per heavy atom. The normalized spacial score (nSPS) is 21.0. The zero-order chi connectivity index (χ0) is 15.3. The van der Waals surface area contributed by atoms with Gasteiger partial charge in [0.05, 0.1) is 6.61 Å². The molecule has 1 aliphatic heterocycles. The van der Waals surface area contributed by atoms with E-state index in [4.69, 9.17) is 4.74 Å². The van der Waals surface area contributed by atoms with E-state index in [9.17, 15) is 5.11 Å². The van der Waals surface area contributed by atoms with Gasteiger partial charge in [0.1, 0.15) is 0 Å². The van der Waals surface area contributed by atoms with Crippen molar-refractivity contribution < 1.29 is 9.84 Å². The lowest BCUT2D eigenvalue weighted by Gasteiger charge is -2.28. The Hall–Kier alpha value is -0.900. The zero-order valence-electron chi connectivity index (χ0n) is 13.5. The summed E-state index contributed by atoms with van der Waals surface area (Å²) in [5, 5.41) is 13.5. The number of ether oxygens (including phenoxy) is 1. The molecule has 1 aromatic rings. The molecule has 3 heteroatoms. The van der Waals surface area contributed by atoms with Crippen molar-refractivity contribution in [2.45, 2.75) is 50.5 Å².